The van der Waals surface area contributed by atoms with Crippen LogP contribution in [-0.4, -0.2) is 0 Å². The zero-order chi connectivity index (χ0) is 17.3. The summed E-state index contributed by atoms with van der Waals surface area (Å²) in [6, 6.07) is 14.8. The number of benzene rings is 3. The molecule has 0 N–H and O–H groups in total. The second-order valence-corrected chi connectivity index (χ2v) is 5.78. The van der Waals surface area contributed by atoms with Crippen LogP contribution in [0, 0.1) is 24.4 Å². The van der Waals surface area contributed by atoms with E-state index in [9.17, 15) is 13.2 Å². The Labute approximate surface area is 139 Å². The second kappa shape index (κ2) is 6.52. The largest absolute Gasteiger partial charge is 0.207 e. The third-order valence-corrected chi connectivity index (χ3v) is 4.27. The van der Waals surface area contributed by atoms with Crippen molar-refractivity contribution < 1.29 is 13.2 Å². The van der Waals surface area contributed by atoms with Crippen LogP contribution in [0.25, 0.3) is 22.3 Å². The van der Waals surface area contributed by atoms with Gasteiger partial charge in [0, 0.05) is 16.7 Å². The topological polar surface area (TPSA) is 0 Å². The first-order chi connectivity index (χ1) is 11.5. The Balaban J connectivity index is 2.02. The van der Waals surface area contributed by atoms with E-state index in [4.69, 9.17) is 0 Å². The lowest BCUT2D eigenvalue weighted by molar-refractivity contribution is 0.570. The summed E-state index contributed by atoms with van der Waals surface area (Å²) >= 11 is 0. The predicted octanol–water partition coefficient (Wildman–Crippen LogP) is 6.31. The van der Waals surface area contributed by atoms with Gasteiger partial charge in [0.25, 0.3) is 0 Å². The summed E-state index contributed by atoms with van der Waals surface area (Å²) in [5, 5.41) is 0. The first kappa shape index (κ1) is 16.3. The molecule has 0 bridgehead atoms. The van der Waals surface area contributed by atoms with Gasteiger partial charge in [0.05, 0.1) is 0 Å². The van der Waals surface area contributed by atoms with Crippen LogP contribution >= 0.6 is 0 Å². The minimum Gasteiger partial charge on any atom is -0.207 e. The van der Waals surface area contributed by atoms with E-state index in [1.165, 1.54) is 30.7 Å². The van der Waals surface area contributed by atoms with Crippen LogP contribution in [0.2, 0.25) is 0 Å². The fourth-order valence-corrected chi connectivity index (χ4v) is 2.72. The van der Waals surface area contributed by atoms with Crippen LogP contribution in [0.3, 0.4) is 0 Å². The molecule has 3 aromatic carbocycles. The van der Waals surface area contributed by atoms with Crippen LogP contribution in [0.1, 0.15) is 18.1 Å². The Morgan fingerprint density at radius 2 is 1.33 bits per heavy atom. The van der Waals surface area contributed by atoms with Gasteiger partial charge in [-0.15, -0.1) is 0 Å². The Kier molecular flexibility index (Phi) is 4.43. The molecule has 0 heterocycles. The third-order valence-electron chi connectivity index (χ3n) is 4.27. The maximum Gasteiger partial charge on any atom is 0.136 e. The van der Waals surface area contributed by atoms with Gasteiger partial charge in [0.2, 0.25) is 0 Å². The number of rotatable bonds is 3. The Morgan fingerprint density at radius 3 is 1.96 bits per heavy atom. The van der Waals surface area contributed by atoms with Crippen molar-refractivity contribution in [1.82, 2.24) is 0 Å². The normalized spacial score (nSPS) is 10.9. The van der Waals surface area contributed by atoms with Gasteiger partial charge in [0.15, 0.2) is 0 Å². The number of hydrogen-bond acceptors (Lipinski definition) is 0. The van der Waals surface area contributed by atoms with E-state index in [0.29, 0.717) is 11.1 Å². The maximum atomic E-state index is 14.5. The highest BCUT2D eigenvalue weighted by Gasteiger charge is 2.13. The van der Waals surface area contributed by atoms with E-state index in [1.807, 2.05) is 24.3 Å². The van der Waals surface area contributed by atoms with Crippen molar-refractivity contribution in [1.29, 1.82) is 0 Å². The summed E-state index contributed by atoms with van der Waals surface area (Å²) in [7, 11) is 0. The van der Waals surface area contributed by atoms with Gasteiger partial charge >= 0.3 is 0 Å². The van der Waals surface area contributed by atoms with Gasteiger partial charge in [-0.3, -0.25) is 0 Å². The minimum absolute atomic E-state index is 0.0628. The summed E-state index contributed by atoms with van der Waals surface area (Å²) in [5.41, 5.74) is 2.93. The van der Waals surface area contributed by atoms with E-state index in [2.05, 4.69) is 6.92 Å². The van der Waals surface area contributed by atoms with Crippen LogP contribution in [0.15, 0.2) is 54.6 Å². The van der Waals surface area contributed by atoms with E-state index in [0.717, 1.165) is 12.0 Å². The third kappa shape index (κ3) is 2.94. The molecule has 0 radical (unpaired) electrons. The average Bonchev–Trinajstić information content (AvgIpc) is 2.60. The van der Waals surface area contributed by atoms with Crippen LogP contribution in [-0.2, 0) is 6.42 Å². The van der Waals surface area contributed by atoms with Crippen molar-refractivity contribution in [3.8, 4) is 22.3 Å². The molecule has 0 unspecified atom stereocenters. The highest BCUT2D eigenvalue weighted by atomic mass is 19.1. The molecule has 0 saturated carbocycles. The van der Waals surface area contributed by atoms with Gasteiger partial charge in [-0.05, 0) is 48.2 Å². The summed E-state index contributed by atoms with van der Waals surface area (Å²) in [6.45, 7) is 3.43. The fraction of sp³-hybridized carbons (Fsp3) is 0.143. The lowest BCUT2D eigenvalue weighted by Gasteiger charge is -2.10. The van der Waals surface area contributed by atoms with Crippen molar-refractivity contribution in [3.63, 3.8) is 0 Å². The van der Waals surface area contributed by atoms with Crippen molar-refractivity contribution in [3.05, 3.63) is 83.2 Å². The molecular weight excluding hydrogens is 309 g/mol. The first-order valence-electron chi connectivity index (χ1n) is 7.85. The second-order valence-electron chi connectivity index (χ2n) is 5.78. The van der Waals surface area contributed by atoms with Crippen molar-refractivity contribution >= 4 is 0 Å². The molecule has 0 spiro atoms. The monoisotopic (exact) mass is 326 g/mol. The minimum atomic E-state index is -0.658. The summed E-state index contributed by atoms with van der Waals surface area (Å²) in [4.78, 5) is 0. The van der Waals surface area contributed by atoms with Gasteiger partial charge < -0.3 is 0 Å². The molecule has 3 heteroatoms. The predicted molar refractivity (Wildman–Crippen MR) is 91.3 cm³/mol. The fourth-order valence-electron chi connectivity index (χ4n) is 2.72. The molecular formula is C21H17F3. The van der Waals surface area contributed by atoms with E-state index in [1.54, 1.807) is 12.1 Å². The van der Waals surface area contributed by atoms with Crippen molar-refractivity contribution in [2.75, 3.05) is 0 Å². The van der Waals surface area contributed by atoms with Crippen LogP contribution in [0.4, 0.5) is 13.2 Å². The molecule has 0 fully saturated rings. The zero-order valence-corrected chi connectivity index (χ0v) is 13.5. The van der Waals surface area contributed by atoms with Gasteiger partial charge in [0.1, 0.15) is 17.5 Å². The highest BCUT2D eigenvalue weighted by Crippen LogP contribution is 2.31. The molecule has 0 atom stereocenters. The number of hydrogen-bond donors (Lipinski definition) is 0. The molecule has 0 aliphatic carbocycles. The van der Waals surface area contributed by atoms with E-state index in [-0.39, 0.29) is 11.1 Å². The Morgan fingerprint density at radius 1 is 0.708 bits per heavy atom. The van der Waals surface area contributed by atoms with Crippen molar-refractivity contribution in [2.24, 2.45) is 0 Å². The quantitative estimate of drug-likeness (QED) is 0.529. The first-order valence-corrected chi connectivity index (χ1v) is 7.85. The molecule has 122 valence electrons. The lowest BCUT2D eigenvalue weighted by Crippen LogP contribution is -1.94. The SMILES string of the molecule is CCc1ccc(-c2ccc(-c3ccc(F)c(C)c3F)cc2F)cc1. The Hall–Kier alpha value is -2.55. The Bertz CT molecular complexity index is 880. The standard InChI is InChI=1S/C21H17F3/c1-3-14-4-6-15(7-5-14)17-9-8-16(12-20(17)23)18-10-11-19(22)13(2)21(18)24/h4-12H,3H2,1-2H3. The molecule has 0 aliphatic rings. The van der Waals surface area contributed by atoms with Crippen molar-refractivity contribution in [2.45, 2.75) is 20.3 Å². The van der Waals surface area contributed by atoms with Gasteiger partial charge in [-0.1, -0.05) is 43.3 Å². The molecule has 3 rings (SSSR count). The van der Waals surface area contributed by atoms with Crippen LogP contribution in [0.5, 0.6) is 0 Å². The number of halogens is 3. The lowest BCUT2D eigenvalue weighted by atomic mass is 9.97. The highest BCUT2D eigenvalue weighted by molar-refractivity contribution is 5.72. The van der Waals surface area contributed by atoms with Gasteiger partial charge in [-0.25, -0.2) is 13.2 Å². The molecule has 0 nitrogen and oxygen atoms in total. The molecule has 24 heavy (non-hydrogen) atoms. The van der Waals surface area contributed by atoms with E-state index >= 15 is 0 Å². The molecule has 0 aliphatic heterocycles. The maximum absolute atomic E-state index is 14.5. The molecule has 3 aromatic rings. The van der Waals surface area contributed by atoms with Gasteiger partial charge in [-0.2, -0.15) is 0 Å². The summed E-state index contributed by atoms with van der Waals surface area (Å²) in [5.74, 6) is -1.70. The zero-order valence-electron chi connectivity index (χ0n) is 13.5. The van der Waals surface area contributed by atoms with E-state index < -0.39 is 17.5 Å². The van der Waals surface area contributed by atoms with Crippen LogP contribution < -0.4 is 0 Å². The summed E-state index contributed by atoms with van der Waals surface area (Å²) in [6.07, 6.45) is 0.922. The average molecular weight is 326 g/mol. The molecule has 0 saturated heterocycles. The molecule has 0 amide bonds. The smallest absolute Gasteiger partial charge is 0.136 e. The number of aryl methyl sites for hydroxylation is 1. The molecule has 0 aromatic heterocycles. The summed E-state index contributed by atoms with van der Waals surface area (Å²) < 4.78 is 42.1.